The zero-order valence-electron chi connectivity index (χ0n) is 16.7. The van der Waals surface area contributed by atoms with Crippen LogP contribution in [0.2, 0.25) is 0 Å². The summed E-state index contributed by atoms with van der Waals surface area (Å²) in [5.74, 6) is -1.63. The summed E-state index contributed by atoms with van der Waals surface area (Å²) in [6, 6.07) is 13.2. The zero-order valence-corrected chi connectivity index (χ0v) is 17.5. The third-order valence-corrected chi connectivity index (χ3v) is 4.97. The highest BCUT2D eigenvalue weighted by atomic mass is 32.1. The lowest BCUT2D eigenvalue weighted by Crippen LogP contribution is -2.21. The van der Waals surface area contributed by atoms with Crippen molar-refractivity contribution in [3.8, 4) is 5.75 Å². The van der Waals surface area contributed by atoms with Crippen LogP contribution in [0.1, 0.15) is 20.0 Å². The number of non-ortho nitro benzene ring substituents is 1. The molecule has 2 N–H and O–H groups in total. The fourth-order valence-corrected chi connectivity index (χ4v) is 3.24. The number of anilines is 2. The van der Waals surface area contributed by atoms with E-state index in [0.29, 0.717) is 10.6 Å². The molecule has 0 bridgehead atoms. The first-order valence-corrected chi connectivity index (χ1v) is 9.99. The van der Waals surface area contributed by atoms with Crippen LogP contribution < -0.4 is 15.4 Å². The van der Waals surface area contributed by atoms with Crippen molar-refractivity contribution in [1.82, 2.24) is 0 Å². The second-order valence-electron chi connectivity index (χ2n) is 6.28. The Morgan fingerprint density at radius 1 is 1.06 bits per heavy atom. The Kier molecular flexibility index (Phi) is 7.13. The Morgan fingerprint density at radius 3 is 2.56 bits per heavy atom. The number of ether oxygens (including phenoxy) is 2. The number of hydrogen-bond acceptors (Lipinski definition) is 8. The topological polar surface area (TPSA) is 137 Å². The second kappa shape index (κ2) is 10.2. The lowest BCUT2D eigenvalue weighted by molar-refractivity contribution is -0.384. The van der Waals surface area contributed by atoms with Gasteiger partial charge in [-0.15, -0.1) is 11.3 Å². The van der Waals surface area contributed by atoms with Crippen molar-refractivity contribution in [2.24, 2.45) is 0 Å². The number of nitrogens with zero attached hydrogens (tertiary/aromatic N) is 1. The molecule has 0 aliphatic heterocycles. The molecule has 164 valence electrons. The molecular formula is C21H17N3O7S. The van der Waals surface area contributed by atoms with Crippen molar-refractivity contribution in [3.63, 3.8) is 0 Å². The third kappa shape index (κ3) is 5.67. The highest BCUT2D eigenvalue weighted by Crippen LogP contribution is 2.28. The molecule has 0 spiro atoms. The average Bonchev–Trinajstić information content (AvgIpc) is 3.33. The molecule has 32 heavy (non-hydrogen) atoms. The predicted molar refractivity (Wildman–Crippen MR) is 117 cm³/mol. The Bertz CT molecular complexity index is 1160. The van der Waals surface area contributed by atoms with Crippen LogP contribution in [0, 0.1) is 10.1 Å². The van der Waals surface area contributed by atoms with Gasteiger partial charge in [-0.3, -0.25) is 19.7 Å². The molecule has 0 saturated carbocycles. The summed E-state index contributed by atoms with van der Waals surface area (Å²) in [5.41, 5.74) is 0.544. The lowest BCUT2D eigenvalue weighted by atomic mass is 10.2. The number of rotatable bonds is 8. The summed E-state index contributed by atoms with van der Waals surface area (Å²) >= 11 is 1.29. The smallest absolute Gasteiger partial charge is 0.338 e. The quantitative estimate of drug-likeness (QED) is 0.300. The van der Waals surface area contributed by atoms with Gasteiger partial charge in [-0.2, -0.15) is 0 Å². The van der Waals surface area contributed by atoms with Crippen molar-refractivity contribution in [1.29, 1.82) is 0 Å². The van der Waals surface area contributed by atoms with E-state index in [-0.39, 0.29) is 28.6 Å². The number of esters is 1. The van der Waals surface area contributed by atoms with Crippen molar-refractivity contribution in [2.75, 3.05) is 24.4 Å². The highest BCUT2D eigenvalue weighted by Gasteiger charge is 2.16. The first-order valence-electron chi connectivity index (χ1n) is 9.11. The zero-order chi connectivity index (χ0) is 23.1. The number of benzene rings is 2. The predicted octanol–water partition coefficient (Wildman–Crippen LogP) is 3.71. The number of nitro groups is 1. The Morgan fingerprint density at radius 2 is 1.88 bits per heavy atom. The summed E-state index contributed by atoms with van der Waals surface area (Å²) in [4.78, 5) is 47.4. The van der Waals surface area contributed by atoms with Gasteiger partial charge in [-0.1, -0.05) is 12.1 Å². The molecule has 0 fully saturated rings. The number of carbonyl (C=O) groups excluding carboxylic acids is 3. The molecule has 3 rings (SSSR count). The van der Waals surface area contributed by atoms with Crippen molar-refractivity contribution in [2.45, 2.75) is 0 Å². The Balaban J connectivity index is 1.58. The van der Waals surface area contributed by atoms with Crippen molar-refractivity contribution >= 4 is 46.2 Å². The number of methoxy groups -OCH3 is 1. The number of nitrogens with one attached hydrogen (secondary N) is 2. The molecular weight excluding hydrogens is 438 g/mol. The number of amides is 2. The summed E-state index contributed by atoms with van der Waals surface area (Å²) < 4.78 is 10.1. The molecule has 0 atom stereocenters. The van der Waals surface area contributed by atoms with E-state index in [4.69, 9.17) is 9.47 Å². The lowest BCUT2D eigenvalue weighted by Gasteiger charge is -2.10. The summed E-state index contributed by atoms with van der Waals surface area (Å²) in [7, 11) is 1.30. The molecule has 1 aromatic heterocycles. The molecule has 0 radical (unpaired) electrons. The molecule has 11 heteroatoms. The van der Waals surface area contributed by atoms with Crippen molar-refractivity contribution < 1.29 is 28.8 Å². The number of nitro benzene ring substituents is 1. The Labute approximate surface area is 185 Å². The van der Waals surface area contributed by atoms with Crippen LogP contribution in [0.4, 0.5) is 17.1 Å². The largest absolute Gasteiger partial charge is 0.494 e. The number of hydrogen-bond donors (Lipinski definition) is 2. The van der Waals surface area contributed by atoms with Gasteiger partial charge in [0.2, 0.25) is 0 Å². The van der Waals surface area contributed by atoms with Gasteiger partial charge in [0.25, 0.3) is 17.5 Å². The fourth-order valence-electron chi connectivity index (χ4n) is 2.62. The van der Waals surface area contributed by atoms with Crippen molar-refractivity contribution in [3.05, 3.63) is 80.5 Å². The maximum Gasteiger partial charge on any atom is 0.338 e. The van der Waals surface area contributed by atoms with Gasteiger partial charge in [0, 0.05) is 11.8 Å². The summed E-state index contributed by atoms with van der Waals surface area (Å²) in [5, 5.41) is 17.8. The van der Waals surface area contributed by atoms with Crippen LogP contribution in [0.3, 0.4) is 0 Å². The van der Waals surface area contributed by atoms with Gasteiger partial charge in [0.1, 0.15) is 5.75 Å². The van der Waals surface area contributed by atoms with Crippen LogP contribution in [-0.2, 0) is 9.53 Å². The second-order valence-corrected chi connectivity index (χ2v) is 7.23. The molecule has 2 amide bonds. The van der Waals surface area contributed by atoms with Crippen LogP contribution in [0.25, 0.3) is 0 Å². The maximum atomic E-state index is 12.3. The molecule has 0 aliphatic rings. The SMILES string of the molecule is COc1cc([N+](=O)[O-])ccc1NC(=O)COC(=O)c1cccc(NC(=O)c2cccs2)c1. The van der Waals surface area contributed by atoms with E-state index in [2.05, 4.69) is 10.6 Å². The summed E-state index contributed by atoms with van der Waals surface area (Å²) in [6.45, 7) is -0.593. The van der Waals surface area contributed by atoms with Crippen LogP contribution in [-0.4, -0.2) is 36.4 Å². The monoisotopic (exact) mass is 455 g/mol. The Hall–Kier alpha value is -4.25. The number of carbonyl (C=O) groups is 3. The van der Waals surface area contributed by atoms with E-state index in [9.17, 15) is 24.5 Å². The van der Waals surface area contributed by atoms with Gasteiger partial charge in [0.15, 0.2) is 6.61 Å². The fraction of sp³-hybridized carbons (Fsp3) is 0.0952. The minimum Gasteiger partial charge on any atom is -0.494 e. The van der Waals surface area contributed by atoms with Crippen LogP contribution >= 0.6 is 11.3 Å². The van der Waals surface area contributed by atoms with Crippen LogP contribution in [0.15, 0.2) is 60.0 Å². The molecule has 0 aliphatic carbocycles. The van der Waals surface area contributed by atoms with E-state index in [1.54, 1.807) is 29.6 Å². The molecule has 2 aromatic carbocycles. The van der Waals surface area contributed by atoms with E-state index >= 15 is 0 Å². The maximum absolute atomic E-state index is 12.3. The normalized spacial score (nSPS) is 10.2. The third-order valence-electron chi connectivity index (χ3n) is 4.11. The molecule has 3 aromatic rings. The van der Waals surface area contributed by atoms with E-state index < -0.39 is 23.4 Å². The van der Waals surface area contributed by atoms with Gasteiger partial charge >= 0.3 is 5.97 Å². The van der Waals surface area contributed by atoms with E-state index in [0.717, 1.165) is 6.07 Å². The molecule has 1 heterocycles. The standard InChI is InChI=1S/C21H17N3O7S/c1-30-17-11-15(24(28)29)7-8-16(17)23-19(25)12-31-21(27)13-4-2-5-14(10-13)22-20(26)18-6-3-9-32-18/h2-11H,12H2,1H3,(H,22,26)(H,23,25). The first kappa shape index (κ1) is 22.4. The van der Waals surface area contributed by atoms with Gasteiger partial charge in [0.05, 0.1) is 34.2 Å². The van der Waals surface area contributed by atoms with Gasteiger partial charge < -0.3 is 20.1 Å². The van der Waals surface area contributed by atoms with Crippen LogP contribution in [0.5, 0.6) is 5.75 Å². The minimum atomic E-state index is -0.761. The van der Waals surface area contributed by atoms with E-state index in [1.165, 1.54) is 42.7 Å². The average molecular weight is 455 g/mol. The molecule has 0 saturated heterocycles. The molecule has 10 nitrogen and oxygen atoms in total. The minimum absolute atomic E-state index is 0.0908. The van der Waals surface area contributed by atoms with Gasteiger partial charge in [-0.05, 0) is 35.7 Å². The molecule has 0 unspecified atom stereocenters. The highest BCUT2D eigenvalue weighted by molar-refractivity contribution is 7.12. The van der Waals surface area contributed by atoms with E-state index in [1.807, 2.05) is 0 Å². The number of thiophene rings is 1. The summed E-state index contributed by atoms with van der Waals surface area (Å²) in [6.07, 6.45) is 0. The van der Waals surface area contributed by atoms with Gasteiger partial charge in [-0.25, -0.2) is 4.79 Å². The first-order chi connectivity index (χ1) is 15.4.